The molecule has 3 rings (SSSR count). The van der Waals surface area contributed by atoms with Crippen LogP contribution in [0.4, 0.5) is 0 Å². The smallest absolute Gasteiger partial charge is 0.249 e. The van der Waals surface area contributed by atoms with Crippen molar-refractivity contribution in [3.05, 3.63) is 11.6 Å². The first-order chi connectivity index (χ1) is 8.19. The van der Waals surface area contributed by atoms with E-state index in [0.29, 0.717) is 6.42 Å². The van der Waals surface area contributed by atoms with E-state index in [4.69, 9.17) is 0 Å². The second-order valence-corrected chi connectivity index (χ2v) is 5.55. The van der Waals surface area contributed by atoms with E-state index in [2.05, 4.69) is 11.4 Å². The second-order valence-electron chi connectivity index (χ2n) is 5.55. The van der Waals surface area contributed by atoms with Crippen LogP contribution in [0.5, 0.6) is 0 Å². The van der Waals surface area contributed by atoms with Gasteiger partial charge in [-0.1, -0.05) is 6.08 Å². The minimum atomic E-state index is 0.0336. The van der Waals surface area contributed by atoms with Gasteiger partial charge >= 0.3 is 0 Å². The molecule has 2 saturated heterocycles. The summed E-state index contributed by atoms with van der Waals surface area (Å²) in [6, 6.07) is 0. The van der Waals surface area contributed by atoms with Gasteiger partial charge in [-0.3, -0.25) is 9.59 Å². The minimum absolute atomic E-state index is 0.0336. The van der Waals surface area contributed by atoms with Gasteiger partial charge in [-0.2, -0.15) is 0 Å². The molecular weight excluding hydrogens is 216 g/mol. The molecule has 0 radical (unpaired) electrons. The summed E-state index contributed by atoms with van der Waals surface area (Å²) in [6.07, 6.45) is 6.71. The Morgan fingerprint density at radius 3 is 3.00 bits per heavy atom. The van der Waals surface area contributed by atoms with E-state index in [1.807, 2.05) is 4.90 Å². The van der Waals surface area contributed by atoms with Crippen molar-refractivity contribution < 1.29 is 9.59 Å². The number of carbonyl (C=O) groups is 2. The highest BCUT2D eigenvalue weighted by Gasteiger charge is 2.45. The first-order valence-corrected chi connectivity index (χ1v) is 6.44. The standard InChI is InChI=1S/C13H18N2O2/c16-11-7-13(8-14-11)5-6-15(9-13)12(17)10-3-1-2-4-10/h3H,1-2,4-9H2,(H,14,16). The molecule has 0 bridgehead atoms. The van der Waals surface area contributed by atoms with Crippen LogP contribution in [0, 0.1) is 5.41 Å². The molecule has 1 atom stereocenters. The number of nitrogens with one attached hydrogen (secondary N) is 1. The van der Waals surface area contributed by atoms with Gasteiger partial charge in [-0.25, -0.2) is 0 Å². The summed E-state index contributed by atoms with van der Waals surface area (Å²) in [6.45, 7) is 2.31. The van der Waals surface area contributed by atoms with Crippen LogP contribution in [0.15, 0.2) is 11.6 Å². The lowest BCUT2D eigenvalue weighted by molar-refractivity contribution is -0.127. The average molecular weight is 234 g/mol. The molecule has 92 valence electrons. The topological polar surface area (TPSA) is 49.4 Å². The monoisotopic (exact) mass is 234 g/mol. The van der Waals surface area contributed by atoms with Crippen molar-refractivity contribution in [1.82, 2.24) is 10.2 Å². The Hall–Kier alpha value is -1.32. The van der Waals surface area contributed by atoms with Gasteiger partial charge in [0.15, 0.2) is 0 Å². The number of amides is 2. The zero-order valence-electron chi connectivity index (χ0n) is 10.00. The third kappa shape index (κ3) is 1.85. The quantitative estimate of drug-likeness (QED) is 0.730. The SMILES string of the molecule is O=C1CC2(CCN(C(=O)C3=CCCC3)C2)CN1. The molecule has 0 aromatic rings. The Bertz CT molecular complexity index is 402. The summed E-state index contributed by atoms with van der Waals surface area (Å²) in [5.41, 5.74) is 1.02. The molecule has 0 saturated carbocycles. The summed E-state index contributed by atoms with van der Waals surface area (Å²) in [5, 5.41) is 2.89. The van der Waals surface area contributed by atoms with E-state index in [0.717, 1.165) is 50.9 Å². The van der Waals surface area contributed by atoms with Crippen molar-refractivity contribution in [2.45, 2.75) is 32.1 Å². The summed E-state index contributed by atoms with van der Waals surface area (Å²) in [7, 11) is 0. The van der Waals surface area contributed by atoms with Crippen LogP contribution in [0.1, 0.15) is 32.1 Å². The Labute approximate surface area is 101 Å². The average Bonchev–Trinajstić information content (AvgIpc) is 3.02. The Kier molecular flexibility index (Phi) is 2.45. The lowest BCUT2D eigenvalue weighted by Crippen LogP contribution is -2.33. The summed E-state index contributed by atoms with van der Waals surface area (Å²) in [5.74, 6) is 0.345. The molecule has 1 spiro atoms. The van der Waals surface area contributed by atoms with Gasteiger partial charge in [0, 0.05) is 37.0 Å². The summed E-state index contributed by atoms with van der Waals surface area (Å²) < 4.78 is 0. The normalized spacial score (nSPS) is 32.1. The highest BCUT2D eigenvalue weighted by atomic mass is 16.2. The Morgan fingerprint density at radius 1 is 1.47 bits per heavy atom. The molecule has 4 nitrogen and oxygen atoms in total. The highest BCUT2D eigenvalue weighted by Crippen LogP contribution is 2.37. The van der Waals surface area contributed by atoms with Gasteiger partial charge in [0.1, 0.15) is 0 Å². The number of allylic oxidation sites excluding steroid dienone is 1. The van der Waals surface area contributed by atoms with E-state index >= 15 is 0 Å². The molecule has 2 fully saturated rings. The molecular formula is C13H18N2O2. The Balaban J connectivity index is 1.67. The fourth-order valence-corrected chi connectivity index (χ4v) is 3.22. The van der Waals surface area contributed by atoms with Gasteiger partial charge in [-0.05, 0) is 25.7 Å². The van der Waals surface area contributed by atoms with Crippen LogP contribution in [0.25, 0.3) is 0 Å². The lowest BCUT2D eigenvalue weighted by atomic mass is 9.86. The van der Waals surface area contributed by atoms with Crippen LogP contribution >= 0.6 is 0 Å². The van der Waals surface area contributed by atoms with Gasteiger partial charge in [0.25, 0.3) is 0 Å². The van der Waals surface area contributed by atoms with Crippen molar-refractivity contribution in [3.63, 3.8) is 0 Å². The Morgan fingerprint density at radius 2 is 2.35 bits per heavy atom. The molecule has 2 aliphatic heterocycles. The number of hydrogen-bond donors (Lipinski definition) is 1. The molecule has 4 heteroatoms. The highest BCUT2D eigenvalue weighted by molar-refractivity contribution is 5.94. The van der Waals surface area contributed by atoms with E-state index in [1.54, 1.807) is 0 Å². The van der Waals surface area contributed by atoms with Crippen LogP contribution in [0.2, 0.25) is 0 Å². The fraction of sp³-hybridized carbons (Fsp3) is 0.692. The van der Waals surface area contributed by atoms with Gasteiger partial charge < -0.3 is 10.2 Å². The molecule has 2 heterocycles. The van der Waals surface area contributed by atoms with E-state index < -0.39 is 0 Å². The fourth-order valence-electron chi connectivity index (χ4n) is 3.22. The van der Waals surface area contributed by atoms with Gasteiger partial charge in [0.05, 0.1) is 0 Å². The number of rotatable bonds is 1. The molecule has 17 heavy (non-hydrogen) atoms. The van der Waals surface area contributed by atoms with E-state index in [1.165, 1.54) is 0 Å². The van der Waals surface area contributed by atoms with Crippen molar-refractivity contribution in [1.29, 1.82) is 0 Å². The van der Waals surface area contributed by atoms with Crippen molar-refractivity contribution in [2.75, 3.05) is 19.6 Å². The molecule has 1 N–H and O–H groups in total. The van der Waals surface area contributed by atoms with E-state index in [-0.39, 0.29) is 17.2 Å². The molecule has 0 aromatic carbocycles. The maximum atomic E-state index is 12.2. The van der Waals surface area contributed by atoms with Crippen molar-refractivity contribution in [3.8, 4) is 0 Å². The number of likely N-dealkylation sites (tertiary alicyclic amines) is 1. The van der Waals surface area contributed by atoms with Crippen LogP contribution < -0.4 is 5.32 Å². The maximum Gasteiger partial charge on any atom is 0.249 e. The van der Waals surface area contributed by atoms with Crippen LogP contribution in [-0.2, 0) is 9.59 Å². The predicted molar refractivity (Wildman–Crippen MR) is 63.2 cm³/mol. The zero-order chi connectivity index (χ0) is 11.9. The predicted octanol–water partition coefficient (Wildman–Crippen LogP) is 0.835. The lowest BCUT2D eigenvalue weighted by Gasteiger charge is -2.22. The van der Waals surface area contributed by atoms with Crippen molar-refractivity contribution >= 4 is 11.8 Å². The minimum Gasteiger partial charge on any atom is -0.355 e. The molecule has 2 amide bonds. The third-order valence-electron chi connectivity index (χ3n) is 4.24. The van der Waals surface area contributed by atoms with Crippen LogP contribution in [0.3, 0.4) is 0 Å². The summed E-state index contributed by atoms with van der Waals surface area (Å²) in [4.78, 5) is 25.5. The molecule has 1 unspecified atom stereocenters. The van der Waals surface area contributed by atoms with E-state index in [9.17, 15) is 9.59 Å². The molecule has 1 aliphatic carbocycles. The third-order valence-corrected chi connectivity index (χ3v) is 4.24. The number of nitrogens with zero attached hydrogens (tertiary/aromatic N) is 1. The van der Waals surface area contributed by atoms with Gasteiger partial charge in [0.2, 0.25) is 11.8 Å². The molecule has 3 aliphatic rings. The van der Waals surface area contributed by atoms with Crippen molar-refractivity contribution in [2.24, 2.45) is 5.41 Å². The second kappa shape index (κ2) is 3.86. The first-order valence-electron chi connectivity index (χ1n) is 6.44. The number of hydrogen-bond acceptors (Lipinski definition) is 2. The largest absolute Gasteiger partial charge is 0.355 e. The number of carbonyl (C=O) groups excluding carboxylic acids is 2. The maximum absolute atomic E-state index is 12.2. The zero-order valence-corrected chi connectivity index (χ0v) is 10.00. The summed E-state index contributed by atoms with van der Waals surface area (Å²) >= 11 is 0. The molecule has 0 aromatic heterocycles. The van der Waals surface area contributed by atoms with Gasteiger partial charge in [-0.15, -0.1) is 0 Å². The van der Waals surface area contributed by atoms with Crippen LogP contribution in [-0.4, -0.2) is 36.3 Å². The first kappa shape index (κ1) is 10.8.